The molecule has 1 atom stereocenters. The van der Waals surface area contributed by atoms with Gasteiger partial charge in [-0.15, -0.1) is 0 Å². The van der Waals surface area contributed by atoms with Crippen molar-refractivity contribution in [3.8, 4) is 0 Å². The quantitative estimate of drug-likeness (QED) is 0.740. The average Bonchev–Trinajstić information content (AvgIpc) is 3.17. The Kier molecular flexibility index (Phi) is 5.87. The molecule has 1 aromatic carbocycles. The molecule has 0 amide bonds. The zero-order chi connectivity index (χ0) is 18.6. The van der Waals surface area contributed by atoms with E-state index < -0.39 is 10.0 Å². The van der Waals surface area contributed by atoms with E-state index in [2.05, 4.69) is 9.62 Å². The number of morpholine rings is 1. The minimum absolute atomic E-state index is 0.105. The molecule has 1 N–H and O–H groups in total. The molecular weight excluding hydrogens is 356 g/mol. The summed E-state index contributed by atoms with van der Waals surface area (Å²) in [6, 6.07) is 9.34. The largest absolute Gasteiger partial charge is 0.468 e. The molecular formula is C18H22N2O5S. The second kappa shape index (κ2) is 8.13. The molecule has 1 aromatic heterocycles. The number of Topliss-reactive ketones (excluding diaryl/α,β-unsaturated/α-hetero) is 1. The lowest BCUT2D eigenvalue weighted by Gasteiger charge is -2.33. The van der Waals surface area contributed by atoms with Crippen LogP contribution < -0.4 is 4.72 Å². The maximum absolute atomic E-state index is 12.6. The normalized spacial score (nSPS) is 17.1. The molecule has 1 unspecified atom stereocenters. The predicted molar refractivity (Wildman–Crippen MR) is 95.5 cm³/mol. The van der Waals surface area contributed by atoms with Crippen molar-refractivity contribution < 1.29 is 22.4 Å². The van der Waals surface area contributed by atoms with Crippen molar-refractivity contribution in [2.24, 2.45) is 0 Å². The Balaban J connectivity index is 1.73. The number of ketones is 1. The second-order valence-corrected chi connectivity index (χ2v) is 7.88. The van der Waals surface area contributed by atoms with Crippen LogP contribution in [-0.2, 0) is 14.8 Å². The standard InChI is InChI=1S/C18H22N2O5S/c1-14(21)15-4-6-16(7-5-15)26(22,23)19-13-17(18-3-2-10-25-18)20-8-11-24-12-9-20/h2-7,10,17,19H,8-9,11-13H2,1H3. The van der Waals surface area contributed by atoms with Crippen molar-refractivity contribution in [1.82, 2.24) is 9.62 Å². The zero-order valence-electron chi connectivity index (χ0n) is 14.6. The van der Waals surface area contributed by atoms with Gasteiger partial charge in [0.15, 0.2) is 5.78 Å². The molecule has 7 nitrogen and oxygen atoms in total. The molecule has 8 heteroatoms. The zero-order valence-corrected chi connectivity index (χ0v) is 15.4. The van der Waals surface area contributed by atoms with E-state index >= 15 is 0 Å². The number of nitrogens with zero attached hydrogens (tertiary/aromatic N) is 1. The first kappa shape index (κ1) is 18.8. The highest BCUT2D eigenvalue weighted by Gasteiger charge is 2.26. The Morgan fingerprint density at radius 2 is 1.88 bits per heavy atom. The average molecular weight is 378 g/mol. The first-order valence-corrected chi connectivity index (χ1v) is 9.91. The molecule has 0 aliphatic carbocycles. The van der Waals surface area contributed by atoms with Gasteiger partial charge in [0.1, 0.15) is 5.76 Å². The second-order valence-electron chi connectivity index (χ2n) is 6.11. The number of furan rings is 1. The van der Waals surface area contributed by atoms with E-state index in [1.165, 1.54) is 31.2 Å². The number of nitrogens with one attached hydrogen (secondary N) is 1. The molecule has 0 spiro atoms. The molecule has 1 fully saturated rings. The summed E-state index contributed by atoms with van der Waals surface area (Å²) in [5, 5.41) is 0. The van der Waals surface area contributed by atoms with Crippen LogP contribution in [0.15, 0.2) is 52.0 Å². The first-order valence-electron chi connectivity index (χ1n) is 8.43. The number of sulfonamides is 1. The van der Waals surface area contributed by atoms with Crippen LogP contribution >= 0.6 is 0 Å². The number of benzene rings is 1. The van der Waals surface area contributed by atoms with Gasteiger partial charge in [0.05, 0.1) is 30.4 Å². The number of rotatable bonds is 7. The van der Waals surface area contributed by atoms with Gasteiger partial charge in [-0.05, 0) is 31.2 Å². The van der Waals surface area contributed by atoms with E-state index in [-0.39, 0.29) is 23.3 Å². The van der Waals surface area contributed by atoms with E-state index in [1.807, 2.05) is 6.07 Å². The molecule has 1 saturated heterocycles. The molecule has 1 aliphatic rings. The van der Waals surface area contributed by atoms with Crippen molar-refractivity contribution in [1.29, 1.82) is 0 Å². The molecule has 3 rings (SSSR count). The van der Waals surface area contributed by atoms with Gasteiger partial charge < -0.3 is 9.15 Å². The smallest absolute Gasteiger partial charge is 0.240 e. The Labute approximate surface area is 153 Å². The first-order chi connectivity index (χ1) is 12.5. The van der Waals surface area contributed by atoms with Gasteiger partial charge in [0, 0.05) is 25.2 Å². The Morgan fingerprint density at radius 3 is 2.46 bits per heavy atom. The van der Waals surface area contributed by atoms with Crippen LogP contribution in [0.2, 0.25) is 0 Å². The molecule has 140 valence electrons. The third-order valence-corrected chi connectivity index (χ3v) is 5.84. The van der Waals surface area contributed by atoms with Gasteiger partial charge in [-0.3, -0.25) is 9.69 Å². The van der Waals surface area contributed by atoms with E-state index in [0.29, 0.717) is 37.6 Å². The third-order valence-electron chi connectivity index (χ3n) is 4.40. The minimum Gasteiger partial charge on any atom is -0.468 e. The van der Waals surface area contributed by atoms with Crippen molar-refractivity contribution in [2.45, 2.75) is 17.9 Å². The molecule has 0 bridgehead atoms. The van der Waals surface area contributed by atoms with Gasteiger partial charge in [0.2, 0.25) is 10.0 Å². The van der Waals surface area contributed by atoms with Gasteiger partial charge >= 0.3 is 0 Å². The van der Waals surface area contributed by atoms with Crippen LogP contribution in [-0.4, -0.2) is 51.9 Å². The van der Waals surface area contributed by atoms with Crippen LogP contribution in [0.1, 0.15) is 29.1 Å². The molecule has 0 radical (unpaired) electrons. The number of carbonyl (C=O) groups is 1. The van der Waals surface area contributed by atoms with Crippen molar-refractivity contribution in [2.75, 3.05) is 32.8 Å². The SMILES string of the molecule is CC(=O)c1ccc(S(=O)(=O)NCC(c2ccco2)N2CCOCC2)cc1. The lowest BCUT2D eigenvalue weighted by molar-refractivity contribution is 0.0128. The van der Waals surface area contributed by atoms with Gasteiger partial charge in [-0.2, -0.15) is 0 Å². The molecule has 1 aliphatic heterocycles. The van der Waals surface area contributed by atoms with Crippen molar-refractivity contribution in [3.05, 3.63) is 54.0 Å². The van der Waals surface area contributed by atoms with E-state index in [4.69, 9.17) is 9.15 Å². The summed E-state index contributed by atoms with van der Waals surface area (Å²) in [6.45, 7) is 4.26. The fourth-order valence-electron chi connectivity index (χ4n) is 2.92. The van der Waals surface area contributed by atoms with Crippen LogP contribution in [0, 0.1) is 0 Å². The fraction of sp³-hybridized carbons (Fsp3) is 0.389. The van der Waals surface area contributed by atoms with Gasteiger partial charge in [-0.1, -0.05) is 12.1 Å². The van der Waals surface area contributed by atoms with E-state index in [0.717, 1.165) is 0 Å². The predicted octanol–water partition coefficient (Wildman–Crippen LogP) is 1.83. The topological polar surface area (TPSA) is 88.8 Å². The Morgan fingerprint density at radius 1 is 1.19 bits per heavy atom. The maximum atomic E-state index is 12.6. The Bertz CT molecular complexity index is 825. The fourth-order valence-corrected chi connectivity index (χ4v) is 3.96. The Hall–Kier alpha value is -2.00. The van der Waals surface area contributed by atoms with Crippen LogP contribution in [0.25, 0.3) is 0 Å². The van der Waals surface area contributed by atoms with Crippen LogP contribution in [0.5, 0.6) is 0 Å². The maximum Gasteiger partial charge on any atom is 0.240 e. The highest BCUT2D eigenvalue weighted by molar-refractivity contribution is 7.89. The summed E-state index contributed by atoms with van der Waals surface area (Å²) in [4.78, 5) is 13.6. The monoisotopic (exact) mass is 378 g/mol. The summed E-state index contributed by atoms with van der Waals surface area (Å²) in [5.74, 6) is 0.605. The van der Waals surface area contributed by atoms with E-state index in [9.17, 15) is 13.2 Å². The summed E-state index contributed by atoms with van der Waals surface area (Å²) in [7, 11) is -3.69. The number of hydrogen-bond acceptors (Lipinski definition) is 6. The number of carbonyl (C=O) groups excluding carboxylic acids is 1. The highest BCUT2D eigenvalue weighted by Crippen LogP contribution is 2.22. The summed E-state index contributed by atoms with van der Waals surface area (Å²) < 4.78 is 38.7. The van der Waals surface area contributed by atoms with Gasteiger partial charge in [0.25, 0.3) is 0 Å². The minimum atomic E-state index is -3.69. The summed E-state index contributed by atoms with van der Waals surface area (Å²) in [6.07, 6.45) is 1.58. The molecule has 2 heterocycles. The van der Waals surface area contributed by atoms with Gasteiger partial charge in [-0.25, -0.2) is 13.1 Å². The molecule has 2 aromatic rings. The number of hydrogen-bond donors (Lipinski definition) is 1. The summed E-state index contributed by atoms with van der Waals surface area (Å²) in [5.41, 5.74) is 0.478. The third kappa shape index (κ3) is 4.39. The van der Waals surface area contributed by atoms with Crippen LogP contribution in [0.4, 0.5) is 0 Å². The van der Waals surface area contributed by atoms with E-state index in [1.54, 1.807) is 12.3 Å². The van der Waals surface area contributed by atoms with Crippen LogP contribution in [0.3, 0.4) is 0 Å². The molecule has 0 saturated carbocycles. The highest BCUT2D eigenvalue weighted by atomic mass is 32.2. The number of ether oxygens (including phenoxy) is 1. The summed E-state index contributed by atoms with van der Waals surface area (Å²) >= 11 is 0. The molecule has 26 heavy (non-hydrogen) atoms. The lowest BCUT2D eigenvalue weighted by Crippen LogP contribution is -2.43. The van der Waals surface area contributed by atoms with Crippen molar-refractivity contribution in [3.63, 3.8) is 0 Å². The lowest BCUT2D eigenvalue weighted by atomic mass is 10.2. The van der Waals surface area contributed by atoms with Crippen molar-refractivity contribution >= 4 is 15.8 Å².